The van der Waals surface area contributed by atoms with E-state index in [1.165, 1.54) is 22.4 Å². The molecular weight excluding hydrogens is 392 g/mol. The molecule has 30 heavy (non-hydrogen) atoms. The van der Waals surface area contributed by atoms with Gasteiger partial charge in [-0.05, 0) is 42.7 Å². The number of anilines is 1. The minimum Gasteiger partial charge on any atom is -0.497 e. The van der Waals surface area contributed by atoms with Crippen molar-refractivity contribution in [1.82, 2.24) is 0 Å². The lowest BCUT2D eigenvalue weighted by molar-refractivity contribution is -0.670. The normalized spacial score (nSPS) is 14.4. The number of hydrogen-bond acceptors (Lipinski definition) is 4. The van der Waals surface area contributed by atoms with Crippen LogP contribution >= 0.6 is 11.3 Å². The Kier molecular flexibility index (Phi) is 6.62. The molecule has 0 amide bonds. The summed E-state index contributed by atoms with van der Waals surface area (Å²) in [4.78, 5) is 2.32. The number of para-hydroxylation sites is 1. The molecule has 1 aromatic heterocycles. The number of aryl methyl sites for hydroxylation is 1. The second-order valence-electron chi connectivity index (χ2n) is 7.16. The van der Waals surface area contributed by atoms with Gasteiger partial charge in [-0.2, -0.15) is 4.57 Å². The third-order valence-electron chi connectivity index (χ3n) is 5.25. The summed E-state index contributed by atoms with van der Waals surface area (Å²) >= 11 is 1.71. The SMILES string of the molecule is COc1ccc2sc(C=CC=CC=CN3CCCc4ccccc43)[n+](CCO)c2c1. The van der Waals surface area contributed by atoms with Crippen LogP contribution in [0, 0.1) is 0 Å². The molecular formula is C25H27N2O2S+. The van der Waals surface area contributed by atoms with E-state index in [1.54, 1.807) is 18.4 Å². The Bertz CT molecular complexity index is 1100. The number of benzene rings is 2. The van der Waals surface area contributed by atoms with Gasteiger partial charge in [0.05, 0.1) is 13.2 Å². The number of aliphatic hydroxyl groups is 1. The molecule has 4 rings (SSSR count). The van der Waals surface area contributed by atoms with E-state index in [1.807, 2.05) is 24.3 Å². The number of hydrogen-bond donors (Lipinski definition) is 1. The molecule has 3 aromatic rings. The van der Waals surface area contributed by atoms with E-state index in [2.05, 4.69) is 64.2 Å². The maximum Gasteiger partial charge on any atom is 0.262 e. The van der Waals surface area contributed by atoms with Crippen molar-refractivity contribution < 1.29 is 14.4 Å². The van der Waals surface area contributed by atoms with Crippen molar-refractivity contribution in [2.45, 2.75) is 19.4 Å². The topological polar surface area (TPSA) is 36.6 Å². The van der Waals surface area contributed by atoms with Gasteiger partial charge in [0.1, 0.15) is 17.1 Å². The van der Waals surface area contributed by atoms with E-state index >= 15 is 0 Å². The zero-order chi connectivity index (χ0) is 20.8. The molecule has 0 aliphatic carbocycles. The van der Waals surface area contributed by atoms with E-state index in [4.69, 9.17) is 4.74 Å². The first-order chi connectivity index (χ1) is 14.8. The Balaban J connectivity index is 1.47. The lowest BCUT2D eigenvalue weighted by Crippen LogP contribution is -2.36. The molecule has 0 fully saturated rings. The van der Waals surface area contributed by atoms with Gasteiger partial charge in [0.2, 0.25) is 5.52 Å². The van der Waals surface area contributed by atoms with E-state index in [9.17, 15) is 5.11 Å². The third kappa shape index (κ3) is 4.48. The van der Waals surface area contributed by atoms with Crippen LogP contribution in [0.2, 0.25) is 0 Å². The largest absolute Gasteiger partial charge is 0.497 e. The number of ether oxygens (including phenoxy) is 1. The molecule has 0 unspecified atom stereocenters. The van der Waals surface area contributed by atoms with Crippen LogP contribution in [0.1, 0.15) is 17.0 Å². The fraction of sp³-hybridized carbons (Fsp3) is 0.240. The molecule has 0 spiro atoms. The number of nitrogens with zero attached hydrogens (tertiary/aromatic N) is 2. The molecule has 0 bridgehead atoms. The fourth-order valence-electron chi connectivity index (χ4n) is 3.80. The highest BCUT2D eigenvalue weighted by Crippen LogP contribution is 2.27. The predicted octanol–water partition coefficient (Wildman–Crippen LogP) is 4.73. The summed E-state index contributed by atoms with van der Waals surface area (Å²) in [5.41, 5.74) is 3.82. The summed E-state index contributed by atoms with van der Waals surface area (Å²) in [6.07, 6.45) is 14.8. The maximum atomic E-state index is 9.48. The van der Waals surface area contributed by atoms with Crippen LogP contribution in [0.4, 0.5) is 5.69 Å². The summed E-state index contributed by atoms with van der Waals surface area (Å²) < 4.78 is 8.66. The van der Waals surface area contributed by atoms with Crippen molar-refractivity contribution in [3.05, 3.63) is 83.5 Å². The highest BCUT2D eigenvalue weighted by Gasteiger charge is 2.18. The molecule has 0 saturated carbocycles. The fourth-order valence-corrected chi connectivity index (χ4v) is 4.88. The van der Waals surface area contributed by atoms with E-state index in [0.717, 1.165) is 29.2 Å². The molecule has 2 aromatic carbocycles. The van der Waals surface area contributed by atoms with Gasteiger partial charge in [0.15, 0.2) is 6.54 Å². The van der Waals surface area contributed by atoms with Crippen LogP contribution in [-0.2, 0) is 13.0 Å². The zero-order valence-electron chi connectivity index (χ0n) is 17.2. The van der Waals surface area contributed by atoms with Gasteiger partial charge in [0.25, 0.3) is 5.01 Å². The van der Waals surface area contributed by atoms with Crippen molar-refractivity contribution in [3.8, 4) is 5.75 Å². The smallest absolute Gasteiger partial charge is 0.262 e. The molecule has 1 N–H and O–H groups in total. The second-order valence-corrected chi connectivity index (χ2v) is 8.22. The minimum absolute atomic E-state index is 0.102. The number of allylic oxidation sites excluding steroid dienone is 4. The summed E-state index contributed by atoms with van der Waals surface area (Å²) in [6, 6.07) is 14.7. The third-order valence-corrected chi connectivity index (χ3v) is 6.38. The number of aromatic nitrogens is 1. The summed E-state index contributed by atoms with van der Waals surface area (Å²) in [5, 5.41) is 10.6. The Labute approximate surface area is 181 Å². The summed E-state index contributed by atoms with van der Waals surface area (Å²) in [6.45, 7) is 1.72. The molecule has 2 heterocycles. The van der Waals surface area contributed by atoms with Gasteiger partial charge in [-0.15, -0.1) is 0 Å². The van der Waals surface area contributed by atoms with Crippen LogP contribution in [-0.4, -0.2) is 25.4 Å². The van der Waals surface area contributed by atoms with Gasteiger partial charge in [-0.1, -0.05) is 47.8 Å². The molecule has 4 nitrogen and oxygen atoms in total. The van der Waals surface area contributed by atoms with E-state index in [0.29, 0.717) is 6.54 Å². The van der Waals surface area contributed by atoms with Crippen LogP contribution in [0.3, 0.4) is 0 Å². The van der Waals surface area contributed by atoms with Gasteiger partial charge in [-0.3, -0.25) is 0 Å². The number of thiazole rings is 1. The summed E-state index contributed by atoms with van der Waals surface area (Å²) in [5.74, 6) is 0.826. The van der Waals surface area contributed by atoms with Crippen LogP contribution < -0.4 is 14.2 Å². The van der Waals surface area contributed by atoms with Crippen molar-refractivity contribution in [2.75, 3.05) is 25.2 Å². The van der Waals surface area contributed by atoms with Gasteiger partial charge in [-0.25, -0.2) is 0 Å². The predicted molar refractivity (Wildman–Crippen MR) is 125 cm³/mol. The lowest BCUT2D eigenvalue weighted by Gasteiger charge is -2.27. The highest BCUT2D eigenvalue weighted by molar-refractivity contribution is 7.18. The average molecular weight is 420 g/mol. The number of methoxy groups -OCH3 is 1. The Morgan fingerprint density at radius 3 is 2.87 bits per heavy atom. The Morgan fingerprint density at radius 1 is 1.13 bits per heavy atom. The monoisotopic (exact) mass is 419 g/mol. The Morgan fingerprint density at radius 2 is 2.00 bits per heavy atom. The molecule has 1 aliphatic rings. The summed E-state index contributed by atoms with van der Waals surface area (Å²) in [7, 11) is 1.67. The van der Waals surface area contributed by atoms with Crippen molar-refractivity contribution in [2.24, 2.45) is 0 Å². The lowest BCUT2D eigenvalue weighted by atomic mass is 10.0. The maximum absolute atomic E-state index is 9.48. The van der Waals surface area contributed by atoms with Crippen LogP contribution in [0.5, 0.6) is 5.75 Å². The Hall–Kier alpha value is -2.89. The second kappa shape index (κ2) is 9.74. The molecule has 5 heteroatoms. The molecule has 0 saturated heterocycles. The average Bonchev–Trinajstić information content (AvgIpc) is 3.13. The first-order valence-electron chi connectivity index (χ1n) is 10.3. The first-order valence-corrected chi connectivity index (χ1v) is 11.1. The van der Waals surface area contributed by atoms with Crippen molar-refractivity contribution in [3.63, 3.8) is 0 Å². The van der Waals surface area contributed by atoms with Crippen molar-refractivity contribution >= 4 is 33.3 Å². The quantitative estimate of drug-likeness (QED) is 0.444. The minimum atomic E-state index is 0.102. The molecule has 154 valence electrons. The van der Waals surface area contributed by atoms with Gasteiger partial charge >= 0.3 is 0 Å². The molecule has 1 aliphatic heterocycles. The highest BCUT2D eigenvalue weighted by atomic mass is 32.1. The van der Waals surface area contributed by atoms with E-state index < -0.39 is 0 Å². The number of fused-ring (bicyclic) bond motifs is 2. The van der Waals surface area contributed by atoms with Crippen molar-refractivity contribution in [1.29, 1.82) is 0 Å². The number of rotatable bonds is 7. The zero-order valence-corrected chi connectivity index (χ0v) is 18.0. The van der Waals surface area contributed by atoms with Gasteiger partial charge < -0.3 is 14.7 Å². The number of aliphatic hydroxyl groups excluding tert-OH is 1. The van der Waals surface area contributed by atoms with E-state index in [-0.39, 0.29) is 6.61 Å². The molecule has 0 atom stereocenters. The van der Waals surface area contributed by atoms with Gasteiger partial charge in [0, 0.05) is 24.5 Å². The van der Waals surface area contributed by atoms with Crippen LogP contribution in [0.25, 0.3) is 16.3 Å². The first kappa shape index (κ1) is 20.4. The standard InChI is InChI=1S/C25H27N2O2S/c1-29-21-13-14-24-23(19-21)27(17-18-28)25(30-24)12-4-2-3-7-15-26-16-8-10-20-9-5-6-11-22(20)26/h2-7,9,11-15,19,28H,8,10,16-18H2,1H3/q+1. The molecule has 0 radical (unpaired) electrons. The van der Waals surface area contributed by atoms with Crippen LogP contribution in [0.15, 0.2) is 73.0 Å².